The molecule has 1 aromatic heterocycles. The van der Waals surface area contributed by atoms with Gasteiger partial charge in [0.25, 0.3) is 5.91 Å². The second-order valence-electron chi connectivity index (χ2n) is 5.58. The first-order chi connectivity index (χ1) is 11.2. The normalized spacial score (nSPS) is 17.6. The lowest BCUT2D eigenvalue weighted by Crippen LogP contribution is -2.34. The van der Waals surface area contributed by atoms with Crippen LogP contribution in [0.5, 0.6) is 0 Å². The number of ether oxygens (including phenoxy) is 1. The fourth-order valence-electron chi connectivity index (χ4n) is 2.87. The molecular formula is C17H20N2O2S2. The fraction of sp³-hybridized carbons (Fsp3) is 0.412. The van der Waals surface area contributed by atoms with Crippen molar-refractivity contribution >= 4 is 38.4 Å². The summed E-state index contributed by atoms with van der Waals surface area (Å²) in [5.74, 6) is 0.0270. The number of aromatic nitrogens is 1. The van der Waals surface area contributed by atoms with E-state index in [9.17, 15) is 4.79 Å². The molecule has 0 N–H and O–H groups in total. The van der Waals surface area contributed by atoms with E-state index >= 15 is 0 Å². The quantitative estimate of drug-likeness (QED) is 0.768. The molecule has 23 heavy (non-hydrogen) atoms. The van der Waals surface area contributed by atoms with E-state index in [4.69, 9.17) is 4.74 Å². The number of amides is 1. The summed E-state index contributed by atoms with van der Waals surface area (Å²) in [6.45, 7) is 1.45. The van der Waals surface area contributed by atoms with Crippen LogP contribution in [0.2, 0.25) is 0 Å². The SMILES string of the molecule is CSSc1ccc(C(=O)N(C)CC2CCCO2)c2cccnc12. The number of hydrogen-bond acceptors (Lipinski definition) is 5. The molecule has 1 aromatic carbocycles. The van der Waals surface area contributed by atoms with Crippen LogP contribution in [0.4, 0.5) is 0 Å². The number of hydrogen-bond donors (Lipinski definition) is 0. The van der Waals surface area contributed by atoms with E-state index in [2.05, 4.69) is 4.98 Å². The highest BCUT2D eigenvalue weighted by Gasteiger charge is 2.22. The summed E-state index contributed by atoms with van der Waals surface area (Å²) in [5.41, 5.74) is 1.60. The van der Waals surface area contributed by atoms with Crippen LogP contribution in [-0.2, 0) is 4.74 Å². The first-order valence-electron chi connectivity index (χ1n) is 7.66. The number of carbonyl (C=O) groups excluding carboxylic acids is 1. The number of benzene rings is 1. The standard InChI is InChI=1S/C17H20N2O2S2/c1-19(11-12-5-4-10-21-12)17(20)14-7-8-15(23-22-2)16-13(14)6-3-9-18-16/h3,6-9,12H,4-5,10-11H2,1-2H3. The van der Waals surface area contributed by atoms with Crippen LogP contribution < -0.4 is 0 Å². The maximum atomic E-state index is 12.8. The van der Waals surface area contributed by atoms with E-state index in [1.807, 2.05) is 37.6 Å². The van der Waals surface area contributed by atoms with E-state index in [0.29, 0.717) is 12.1 Å². The Labute approximate surface area is 144 Å². The second-order valence-corrected chi connectivity index (χ2v) is 8.02. The molecule has 122 valence electrons. The van der Waals surface area contributed by atoms with Gasteiger partial charge in [-0.1, -0.05) is 27.7 Å². The fourth-order valence-corrected chi connectivity index (χ4v) is 4.36. The van der Waals surface area contributed by atoms with Crippen molar-refractivity contribution in [2.75, 3.05) is 26.5 Å². The molecular weight excluding hydrogens is 328 g/mol. The van der Waals surface area contributed by atoms with Gasteiger partial charge in [0, 0.05) is 42.2 Å². The minimum atomic E-state index is 0.0270. The Hall–Kier alpha value is -1.24. The number of rotatable bonds is 5. The highest BCUT2D eigenvalue weighted by Crippen LogP contribution is 2.35. The first-order valence-corrected chi connectivity index (χ1v) is 10.2. The molecule has 1 atom stereocenters. The number of likely N-dealkylation sites (N-methyl/N-ethyl adjacent to an activating group) is 1. The Kier molecular flexibility index (Phi) is 5.46. The van der Waals surface area contributed by atoms with Crippen molar-refractivity contribution in [1.82, 2.24) is 9.88 Å². The van der Waals surface area contributed by atoms with Crippen molar-refractivity contribution in [2.24, 2.45) is 0 Å². The highest BCUT2D eigenvalue weighted by atomic mass is 33.1. The van der Waals surface area contributed by atoms with Crippen LogP contribution in [0, 0.1) is 0 Å². The number of fused-ring (bicyclic) bond motifs is 1. The van der Waals surface area contributed by atoms with Gasteiger partial charge in [-0.15, -0.1) is 0 Å². The molecule has 1 unspecified atom stereocenters. The van der Waals surface area contributed by atoms with Gasteiger partial charge in [0.2, 0.25) is 0 Å². The summed E-state index contributed by atoms with van der Waals surface area (Å²) in [5, 5.41) is 0.913. The van der Waals surface area contributed by atoms with E-state index in [1.165, 1.54) is 0 Å². The van der Waals surface area contributed by atoms with Crippen molar-refractivity contribution in [3.8, 4) is 0 Å². The molecule has 1 aliphatic heterocycles. The summed E-state index contributed by atoms with van der Waals surface area (Å²) in [4.78, 5) is 20.2. The molecule has 2 heterocycles. The van der Waals surface area contributed by atoms with Crippen molar-refractivity contribution < 1.29 is 9.53 Å². The van der Waals surface area contributed by atoms with E-state index in [1.54, 1.807) is 32.7 Å². The molecule has 0 saturated carbocycles. The molecule has 6 heteroatoms. The lowest BCUT2D eigenvalue weighted by Gasteiger charge is -2.21. The monoisotopic (exact) mass is 348 g/mol. The summed E-state index contributed by atoms with van der Waals surface area (Å²) < 4.78 is 5.64. The van der Waals surface area contributed by atoms with Crippen LogP contribution in [-0.4, -0.2) is 48.4 Å². The number of nitrogens with zero attached hydrogens (tertiary/aromatic N) is 2. The van der Waals surface area contributed by atoms with Crippen LogP contribution >= 0.6 is 21.6 Å². The van der Waals surface area contributed by atoms with Crippen LogP contribution in [0.25, 0.3) is 10.9 Å². The molecule has 1 saturated heterocycles. The third-order valence-corrected chi connectivity index (χ3v) is 5.70. The van der Waals surface area contributed by atoms with E-state index in [-0.39, 0.29) is 12.0 Å². The van der Waals surface area contributed by atoms with Gasteiger partial charge in [-0.2, -0.15) is 0 Å². The largest absolute Gasteiger partial charge is 0.376 e. The zero-order valence-corrected chi connectivity index (χ0v) is 15.0. The van der Waals surface area contributed by atoms with Gasteiger partial charge in [-0.3, -0.25) is 9.78 Å². The smallest absolute Gasteiger partial charge is 0.254 e. The molecule has 0 radical (unpaired) electrons. The summed E-state index contributed by atoms with van der Waals surface area (Å²) in [6.07, 6.45) is 6.09. The number of carbonyl (C=O) groups is 1. The summed E-state index contributed by atoms with van der Waals surface area (Å²) >= 11 is 0. The molecule has 4 nitrogen and oxygen atoms in total. The van der Waals surface area contributed by atoms with Gasteiger partial charge in [0.15, 0.2) is 0 Å². The van der Waals surface area contributed by atoms with Gasteiger partial charge < -0.3 is 9.64 Å². The van der Waals surface area contributed by atoms with Crippen molar-refractivity contribution in [3.63, 3.8) is 0 Å². The zero-order valence-electron chi connectivity index (χ0n) is 13.3. The lowest BCUT2D eigenvalue weighted by atomic mass is 10.1. The minimum Gasteiger partial charge on any atom is -0.376 e. The minimum absolute atomic E-state index is 0.0270. The molecule has 0 spiro atoms. The second kappa shape index (κ2) is 7.55. The third kappa shape index (κ3) is 3.65. The predicted octanol–water partition coefficient (Wildman–Crippen LogP) is 3.86. The molecule has 1 aliphatic rings. The van der Waals surface area contributed by atoms with E-state index in [0.717, 1.165) is 35.2 Å². The van der Waals surface area contributed by atoms with Crippen molar-refractivity contribution in [3.05, 3.63) is 36.0 Å². The van der Waals surface area contributed by atoms with Crippen molar-refractivity contribution in [1.29, 1.82) is 0 Å². The average molecular weight is 348 g/mol. The highest BCUT2D eigenvalue weighted by molar-refractivity contribution is 8.76. The molecule has 2 aromatic rings. The molecule has 0 bridgehead atoms. The Bertz CT molecular complexity index is 702. The van der Waals surface area contributed by atoms with Crippen LogP contribution in [0.1, 0.15) is 23.2 Å². The molecule has 1 amide bonds. The third-order valence-electron chi connectivity index (χ3n) is 3.98. The molecule has 1 fully saturated rings. The predicted molar refractivity (Wildman–Crippen MR) is 97.0 cm³/mol. The Balaban J connectivity index is 1.89. The van der Waals surface area contributed by atoms with Crippen molar-refractivity contribution in [2.45, 2.75) is 23.8 Å². The van der Waals surface area contributed by atoms with E-state index < -0.39 is 0 Å². The van der Waals surface area contributed by atoms with Gasteiger partial charge in [-0.25, -0.2) is 0 Å². The summed E-state index contributed by atoms with van der Waals surface area (Å²) in [7, 11) is 5.19. The Morgan fingerprint density at radius 2 is 2.30 bits per heavy atom. The maximum Gasteiger partial charge on any atom is 0.254 e. The zero-order chi connectivity index (χ0) is 16.2. The number of pyridine rings is 1. The van der Waals surface area contributed by atoms with Gasteiger partial charge in [-0.05, 0) is 37.3 Å². The van der Waals surface area contributed by atoms with Crippen LogP contribution in [0.3, 0.4) is 0 Å². The van der Waals surface area contributed by atoms with Gasteiger partial charge in [0.05, 0.1) is 11.6 Å². The summed E-state index contributed by atoms with van der Waals surface area (Å²) in [6, 6.07) is 7.76. The Morgan fingerprint density at radius 3 is 3.04 bits per heavy atom. The van der Waals surface area contributed by atoms with Gasteiger partial charge in [0.1, 0.15) is 0 Å². The topological polar surface area (TPSA) is 42.4 Å². The molecule has 3 rings (SSSR count). The average Bonchev–Trinajstić information content (AvgIpc) is 3.08. The maximum absolute atomic E-state index is 12.8. The first kappa shape index (κ1) is 16.6. The lowest BCUT2D eigenvalue weighted by molar-refractivity contribution is 0.0588. The van der Waals surface area contributed by atoms with Crippen LogP contribution in [0.15, 0.2) is 35.4 Å². The Morgan fingerprint density at radius 1 is 1.43 bits per heavy atom. The van der Waals surface area contributed by atoms with Gasteiger partial charge >= 0.3 is 0 Å². The molecule has 0 aliphatic carbocycles.